The van der Waals surface area contributed by atoms with E-state index in [1.165, 1.54) is 12.2 Å². The molecule has 0 spiro atoms. The number of cyclic esters (lactones) is 2. The van der Waals surface area contributed by atoms with E-state index in [1.54, 1.807) is 0 Å². The van der Waals surface area contributed by atoms with Crippen molar-refractivity contribution in [1.29, 1.82) is 0 Å². The zero-order chi connectivity index (χ0) is 10.3. The third-order valence-corrected chi connectivity index (χ3v) is 2.25. The van der Waals surface area contributed by atoms with Crippen LogP contribution in [0.3, 0.4) is 0 Å². The van der Waals surface area contributed by atoms with Gasteiger partial charge in [-0.25, -0.2) is 9.59 Å². The monoisotopic (exact) mass is 194 g/mol. The van der Waals surface area contributed by atoms with Crippen LogP contribution >= 0.6 is 0 Å². The number of rotatable bonds is 1. The lowest BCUT2D eigenvalue weighted by Gasteiger charge is -2.10. The van der Waals surface area contributed by atoms with Gasteiger partial charge in [0.25, 0.3) is 0 Å². The summed E-state index contributed by atoms with van der Waals surface area (Å²) < 4.78 is 4.36. The zero-order valence-electron chi connectivity index (χ0n) is 7.02. The minimum absolute atomic E-state index is 0.0335. The van der Waals surface area contributed by atoms with Crippen molar-refractivity contribution in [3.05, 3.63) is 23.3 Å². The summed E-state index contributed by atoms with van der Waals surface area (Å²) in [5.74, 6) is -3.13. The van der Waals surface area contributed by atoms with Crippen LogP contribution in [0.5, 0.6) is 0 Å². The van der Waals surface area contributed by atoms with Crippen LogP contribution in [0.15, 0.2) is 23.3 Å². The molecule has 2 aliphatic rings. The van der Waals surface area contributed by atoms with Crippen molar-refractivity contribution in [2.45, 2.75) is 6.42 Å². The summed E-state index contributed by atoms with van der Waals surface area (Å²) in [4.78, 5) is 32.7. The fraction of sp³-hybridized carbons (Fsp3) is 0.222. The second-order valence-electron chi connectivity index (χ2n) is 3.08. The number of hydrogen-bond acceptors (Lipinski definition) is 4. The lowest BCUT2D eigenvalue weighted by Crippen LogP contribution is -2.16. The van der Waals surface area contributed by atoms with Crippen LogP contribution in [0.25, 0.3) is 0 Å². The van der Waals surface area contributed by atoms with Gasteiger partial charge < -0.3 is 9.84 Å². The van der Waals surface area contributed by atoms with E-state index in [1.807, 2.05) is 0 Å². The van der Waals surface area contributed by atoms with Gasteiger partial charge in [0, 0.05) is 5.57 Å². The van der Waals surface area contributed by atoms with Crippen molar-refractivity contribution in [3.8, 4) is 0 Å². The van der Waals surface area contributed by atoms with Crippen LogP contribution < -0.4 is 0 Å². The van der Waals surface area contributed by atoms with E-state index in [4.69, 9.17) is 5.11 Å². The third kappa shape index (κ3) is 1.14. The van der Waals surface area contributed by atoms with Crippen molar-refractivity contribution >= 4 is 17.9 Å². The maximum absolute atomic E-state index is 11.1. The molecule has 0 amide bonds. The summed E-state index contributed by atoms with van der Waals surface area (Å²) in [7, 11) is 0. The number of ether oxygens (including phenoxy) is 1. The maximum Gasteiger partial charge on any atom is 0.342 e. The number of esters is 2. The van der Waals surface area contributed by atoms with Crippen LogP contribution in [0.2, 0.25) is 0 Å². The normalized spacial score (nSPS) is 25.0. The van der Waals surface area contributed by atoms with Gasteiger partial charge in [-0.3, -0.25) is 4.79 Å². The first-order valence-electron chi connectivity index (χ1n) is 3.99. The second-order valence-corrected chi connectivity index (χ2v) is 3.08. The molecule has 1 saturated heterocycles. The molecule has 1 unspecified atom stereocenters. The van der Waals surface area contributed by atoms with Crippen LogP contribution in [0, 0.1) is 5.92 Å². The van der Waals surface area contributed by atoms with E-state index in [9.17, 15) is 14.4 Å². The molecule has 0 aromatic heterocycles. The average Bonchev–Trinajstić information content (AvgIpc) is 2.42. The van der Waals surface area contributed by atoms with E-state index < -0.39 is 23.8 Å². The molecule has 1 aliphatic heterocycles. The van der Waals surface area contributed by atoms with Gasteiger partial charge in [-0.1, -0.05) is 12.2 Å². The molecule has 0 aromatic rings. The Bertz CT molecular complexity index is 401. The van der Waals surface area contributed by atoms with Crippen LogP contribution in [-0.2, 0) is 19.1 Å². The first-order valence-corrected chi connectivity index (χ1v) is 3.99. The van der Waals surface area contributed by atoms with Crippen LogP contribution in [0.1, 0.15) is 6.42 Å². The highest BCUT2D eigenvalue weighted by Gasteiger charge is 2.41. The van der Waals surface area contributed by atoms with E-state index in [0.29, 0.717) is 0 Å². The van der Waals surface area contributed by atoms with Crippen LogP contribution in [0.4, 0.5) is 0 Å². The van der Waals surface area contributed by atoms with Crippen molar-refractivity contribution in [1.82, 2.24) is 0 Å². The lowest BCUT2D eigenvalue weighted by atomic mass is 9.89. The first-order chi connectivity index (χ1) is 6.59. The molecule has 0 bridgehead atoms. The number of carbonyl (C=O) groups is 3. The third-order valence-electron chi connectivity index (χ3n) is 2.25. The summed E-state index contributed by atoms with van der Waals surface area (Å²) in [6, 6.07) is 0. The van der Waals surface area contributed by atoms with Crippen LogP contribution in [-0.4, -0.2) is 23.0 Å². The van der Waals surface area contributed by atoms with Crippen molar-refractivity contribution in [3.63, 3.8) is 0 Å². The van der Waals surface area contributed by atoms with E-state index >= 15 is 0 Å². The Kier molecular flexibility index (Phi) is 1.73. The average molecular weight is 194 g/mol. The SMILES string of the molecule is O=C(O)C1=CC=C2C(=O)OC(=O)C2C1. The Hall–Kier alpha value is -1.91. The Morgan fingerprint density at radius 2 is 2.14 bits per heavy atom. The molecule has 1 heterocycles. The Balaban J connectivity index is 2.36. The summed E-state index contributed by atoms with van der Waals surface area (Å²) in [6.45, 7) is 0. The van der Waals surface area contributed by atoms with E-state index in [0.717, 1.165) is 0 Å². The number of carbonyl (C=O) groups excluding carboxylic acids is 2. The highest BCUT2D eigenvalue weighted by molar-refractivity contribution is 6.09. The molecule has 0 radical (unpaired) electrons. The highest BCUT2D eigenvalue weighted by atomic mass is 16.6. The molecule has 0 saturated carbocycles. The number of hydrogen-bond donors (Lipinski definition) is 1. The quantitative estimate of drug-likeness (QED) is 0.470. The molecule has 1 aliphatic carbocycles. The van der Waals surface area contributed by atoms with Crippen molar-refractivity contribution < 1.29 is 24.2 Å². The topological polar surface area (TPSA) is 80.7 Å². The standard InChI is InChI=1S/C9H6O5/c10-7(11)4-1-2-5-6(3-4)9(13)14-8(5)12/h1-2,6H,3H2,(H,10,11). The van der Waals surface area contributed by atoms with Gasteiger partial charge >= 0.3 is 17.9 Å². The molecule has 72 valence electrons. The fourth-order valence-electron chi connectivity index (χ4n) is 1.51. The summed E-state index contributed by atoms with van der Waals surface area (Å²) in [5.41, 5.74) is 0.366. The number of fused-ring (bicyclic) bond motifs is 1. The highest BCUT2D eigenvalue weighted by Crippen LogP contribution is 2.32. The number of allylic oxidation sites excluding steroid dienone is 2. The number of carboxylic acid groups (broad SMARTS) is 1. The van der Waals surface area contributed by atoms with E-state index in [2.05, 4.69) is 4.74 Å². The number of carboxylic acids is 1. The molecule has 1 N–H and O–H groups in total. The predicted molar refractivity (Wildman–Crippen MR) is 43.0 cm³/mol. The summed E-state index contributed by atoms with van der Waals surface area (Å²) >= 11 is 0. The van der Waals surface area contributed by atoms with Gasteiger partial charge in [-0.05, 0) is 6.42 Å². The molecule has 0 aromatic carbocycles. The molecular weight excluding hydrogens is 188 g/mol. The molecule has 1 fully saturated rings. The van der Waals surface area contributed by atoms with Gasteiger partial charge in [-0.15, -0.1) is 0 Å². The molecule has 5 heteroatoms. The second kappa shape index (κ2) is 2.80. The van der Waals surface area contributed by atoms with Gasteiger partial charge in [0.1, 0.15) is 0 Å². The van der Waals surface area contributed by atoms with Crippen molar-refractivity contribution in [2.75, 3.05) is 0 Å². The zero-order valence-corrected chi connectivity index (χ0v) is 7.02. The molecule has 1 atom stereocenters. The molecule has 14 heavy (non-hydrogen) atoms. The largest absolute Gasteiger partial charge is 0.478 e. The Morgan fingerprint density at radius 3 is 2.79 bits per heavy atom. The Morgan fingerprint density at radius 1 is 1.43 bits per heavy atom. The fourth-order valence-corrected chi connectivity index (χ4v) is 1.51. The van der Waals surface area contributed by atoms with Gasteiger partial charge in [0.2, 0.25) is 0 Å². The first kappa shape index (κ1) is 8.68. The molecule has 2 rings (SSSR count). The minimum atomic E-state index is -1.08. The summed E-state index contributed by atoms with van der Waals surface area (Å²) in [5, 5.41) is 8.68. The van der Waals surface area contributed by atoms with Gasteiger partial charge in [0.15, 0.2) is 0 Å². The lowest BCUT2D eigenvalue weighted by molar-refractivity contribution is -0.152. The van der Waals surface area contributed by atoms with Gasteiger partial charge in [-0.2, -0.15) is 0 Å². The minimum Gasteiger partial charge on any atom is -0.478 e. The van der Waals surface area contributed by atoms with Crippen molar-refractivity contribution in [2.24, 2.45) is 5.92 Å². The smallest absolute Gasteiger partial charge is 0.342 e. The Labute approximate surface area is 78.7 Å². The van der Waals surface area contributed by atoms with Gasteiger partial charge in [0.05, 0.1) is 11.5 Å². The molecular formula is C9H6O5. The molecule has 5 nitrogen and oxygen atoms in total. The summed E-state index contributed by atoms with van der Waals surface area (Å²) in [6.07, 6.45) is 2.70. The maximum atomic E-state index is 11.1. The van der Waals surface area contributed by atoms with E-state index in [-0.39, 0.29) is 17.6 Å². The number of aliphatic carboxylic acids is 1. The predicted octanol–water partition coefficient (Wildman–Crippen LogP) is 0.0271.